The summed E-state index contributed by atoms with van der Waals surface area (Å²) in [6.07, 6.45) is 2.31. The molecule has 0 aromatic carbocycles. The molecule has 86 valence electrons. The van der Waals surface area contributed by atoms with Gasteiger partial charge < -0.3 is 20.9 Å². The molecule has 0 amide bonds. The number of nitrogens with one attached hydrogen (secondary N) is 2. The van der Waals surface area contributed by atoms with Crippen LogP contribution in [-0.4, -0.2) is 42.1 Å². The Morgan fingerprint density at radius 3 is 2.67 bits per heavy atom. The van der Waals surface area contributed by atoms with E-state index in [0.717, 1.165) is 31.2 Å². The monoisotopic (exact) mass is 211 g/mol. The van der Waals surface area contributed by atoms with Crippen LogP contribution in [0.15, 0.2) is 0 Å². The van der Waals surface area contributed by atoms with Crippen LogP contribution in [0.25, 0.3) is 0 Å². The summed E-state index contributed by atoms with van der Waals surface area (Å²) in [5.41, 5.74) is 5.72. The minimum atomic E-state index is 0.625. The van der Waals surface area contributed by atoms with Crippen molar-refractivity contribution in [3.8, 4) is 0 Å². The number of nitrogens with two attached hydrogens (primary N) is 1. The van der Waals surface area contributed by atoms with Crippen molar-refractivity contribution >= 4 is 11.6 Å². The number of aryl methyl sites for hydroxylation is 1. The first-order chi connectivity index (χ1) is 7.09. The molecular formula is C10H21N5. The first kappa shape index (κ1) is 11.8. The zero-order valence-electron chi connectivity index (χ0n) is 9.80. The quantitative estimate of drug-likeness (QED) is 0.615. The summed E-state index contributed by atoms with van der Waals surface area (Å²) in [7, 11) is 4.17. The molecule has 0 aliphatic rings. The van der Waals surface area contributed by atoms with Crippen LogP contribution >= 0.6 is 0 Å². The lowest BCUT2D eigenvalue weighted by Gasteiger charge is -2.09. The minimum absolute atomic E-state index is 0.625. The largest absolute Gasteiger partial charge is 0.382 e. The van der Waals surface area contributed by atoms with E-state index in [1.807, 2.05) is 6.92 Å². The summed E-state index contributed by atoms with van der Waals surface area (Å²) in [6.45, 7) is 3.94. The lowest BCUT2D eigenvalue weighted by atomic mass is 10.3. The zero-order valence-corrected chi connectivity index (χ0v) is 9.80. The van der Waals surface area contributed by atoms with Crippen LogP contribution in [-0.2, 0) is 0 Å². The van der Waals surface area contributed by atoms with Gasteiger partial charge >= 0.3 is 0 Å². The first-order valence-corrected chi connectivity index (χ1v) is 5.30. The summed E-state index contributed by atoms with van der Waals surface area (Å²) in [5.74, 6) is 2.25. The Balaban J connectivity index is 2.17. The highest BCUT2D eigenvalue weighted by atomic mass is 15.1. The van der Waals surface area contributed by atoms with E-state index >= 15 is 0 Å². The van der Waals surface area contributed by atoms with Crippen molar-refractivity contribution in [2.24, 2.45) is 0 Å². The van der Waals surface area contributed by atoms with E-state index in [4.69, 9.17) is 5.73 Å². The fraction of sp³-hybridized carbons (Fsp3) is 0.700. The molecule has 0 aliphatic heterocycles. The summed E-state index contributed by atoms with van der Waals surface area (Å²) in [5, 5.41) is 3.22. The molecule has 1 aromatic heterocycles. The highest BCUT2D eigenvalue weighted by molar-refractivity contribution is 5.56. The summed E-state index contributed by atoms with van der Waals surface area (Å²) < 4.78 is 0. The van der Waals surface area contributed by atoms with Crippen LogP contribution in [0.1, 0.15) is 18.7 Å². The van der Waals surface area contributed by atoms with Gasteiger partial charge in [0.05, 0.1) is 0 Å². The van der Waals surface area contributed by atoms with E-state index in [2.05, 4.69) is 34.3 Å². The van der Waals surface area contributed by atoms with Crippen LogP contribution < -0.4 is 11.1 Å². The molecule has 0 saturated heterocycles. The minimum Gasteiger partial charge on any atom is -0.382 e. The molecule has 0 fully saturated rings. The summed E-state index contributed by atoms with van der Waals surface area (Å²) >= 11 is 0. The maximum Gasteiger partial charge on any atom is 0.168 e. The summed E-state index contributed by atoms with van der Waals surface area (Å²) in [4.78, 5) is 9.39. The molecule has 5 nitrogen and oxygen atoms in total. The van der Waals surface area contributed by atoms with Crippen LogP contribution in [0.4, 0.5) is 11.6 Å². The van der Waals surface area contributed by atoms with Crippen LogP contribution in [0, 0.1) is 6.92 Å². The molecule has 0 aliphatic carbocycles. The number of nitrogen functional groups attached to an aromatic ring is 1. The Hall–Kier alpha value is -1.23. The highest BCUT2D eigenvalue weighted by Gasteiger charge is 2.02. The van der Waals surface area contributed by atoms with Gasteiger partial charge in [-0.1, -0.05) is 0 Å². The lowest BCUT2D eigenvalue weighted by Crippen LogP contribution is -2.14. The van der Waals surface area contributed by atoms with Gasteiger partial charge in [-0.05, 0) is 40.4 Å². The Labute approximate surface area is 91.1 Å². The molecule has 1 heterocycles. The molecule has 0 saturated carbocycles. The molecule has 0 radical (unpaired) electrons. The number of H-pyrrole nitrogens is 1. The van der Waals surface area contributed by atoms with Crippen molar-refractivity contribution in [3.05, 3.63) is 5.82 Å². The third kappa shape index (κ3) is 4.20. The van der Waals surface area contributed by atoms with Gasteiger partial charge in [0, 0.05) is 6.54 Å². The molecule has 1 rings (SSSR count). The molecule has 15 heavy (non-hydrogen) atoms. The van der Waals surface area contributed by atoms with Gasteiger partial charge in [0.2, 0.25) is 0 Å². The third-order valence-corrected chi connectivity index (χ3v) is 2.17. The van der Waals surface area contributed by atoms with Crippen molar-refractivity contribution in [2.45, 2.75) is 19.8 Å². The van der Waals surface area contributed by atoms with Gasteiger partial charge in [0.25, 0.3) is 0 Å². The standard InChI is InChI=1S/C10H21N5/c1-8-13-9(11)10(14-8)12-6-4-5-7-15(2)3/h12H,4-7,11H2,1-3H3,(H,13,14). The average Bonchev–Trinajstić information content (AvgIpc) is 2.44. The number of unbranched alkanes of at least 4 members (excludes halogenated alkanes) is 1. The second kappa shape index (κ2) is 5.60. The van der Waals surface area contributed by atoms with E-state index in [9.17, 15) is 0 Å². The van der Waals surface area contributed by atoms with Crippen molar-refractivity contribution in [3.63, 3.8) is 0 Å². The van der Waals surface area contributed by atoms with Crippen molar-refractivity contribution in [1.82, 2.24) is 14.9 Å². The van der Waals surface area contributed by atoms with Crippen molar-refractivity contribution in [2.75, 3.05) is 38.2 Å². The fourth-order valence-electron chi connectivity index (χ4n) is 1.40. The number of imidazole rings is 1. The number of hydrogen-bond donors (Lipinski definition) is 3. The number of nitrogens with zero attached hydrogens (tertiary/aromatic N) is 2. The molecule has 0 unspecified atom stereocenters. The van der Waals surface area contributed by atoms with Crippen LogP contribution in [0.2, 0.25) is 0 Å². The predicted molar refractivity (Wildman–Crippen MR) is 64.0 cm³/mol. The second-order valence-corrected chi connectivity index (χ2v) is 4.02. The van der Waals surface area contributed by atoms with Crippen molar-refractivity contribution < 1.29 is 0 Å². The van der Waals surface area contributed by atoms with Gasteiger partial charge in [-0.15, -0.1) is 0 Å². The van der Waals surface area contributed by atoms with Gasteiger partial charge in [0.1, 0.15) is 11.6 Å². The van der Waals surface area contributed by atoms with E-state index in [1.165, 1.54) is 6.42 Å². The van der Waals surface area contributed by atoms with Crippen LogP contribution in [0.5, 0.6) is 0 Å². The normalized spacial score (nSPS) is 10.9. The Morgan fingerprint density at radius 1 is 1.40 bits per heavy atom. The smallest absolute Gasteiger partial charge is 0.168 e. The van der Waals surface area contributed by atoms with Gasteiger partial charge in [-0.2, -0.15) is 0 Å². The van der Waals surface area contributed by atoms with Gasteiger partial charge in [-0.3, -0.25) is 0 Å². The van der Waals surface area contributed by atoms with E-state index in [0.29, 0.717) is 5.82 Å². The molecule has 0 bridgehead atoms. The number of aromatic amines is 1. The maximum absolute atomic E-state index is 5.72. The van der Waals surface area contributed by atoms with E-state index in [-0.39, 0.29) is 0 Å². The maximum atomic E-state index is 5.72. The Bertz CT molecular complexity index is 292. The fourth-order valence-corrected chi connectivity index (χ4v) is 1.40. The number of anilines is 2. The molecule has 1 aromatic rings. The highest BCUT2D eigenvalue weighted by Crippen LogP contribution is 2.13. The Kier molecular flexibility index (Phi) is 4.42. The first-order valence-electron chi connectivity index (χ1n) is 5.30. The molecule has 5 heteroatoms. The SMILES string of the molecule is Cc1nc(NCCCCN(C)C)c(N)[nH]1. The summed E-state index contributed by atoms with van der Waals surface area (Å²) in [6, 6.07) is 0. The lowest BCUT2D eigenvalue weighted by molar-refractivity contribution is 0.396. The van der Waals surface area contributed by atoms with Gasteiger partial charge in [-0.25, -0.2) is 4.98 Å². The topological polar surface area (TPSA) is 70.0 Å². The third-order valence-electron chi connectivity index (χ3n) is 2.17. The van der Waals surface area contributed by atoms with E-state index < -0.39 is 0 Å². The average molecular weight is 211 g/mol. The number of hydrogen-bond acceptors (Lipinski definition) is 4. The molecule has 4 N–H and O–H groups in total. The predicted octanol–water partition coefficient (Wildman–Crippen LogP) is 1.05. The Morgan fingerprint density at radius 2 is 2.13 bits per heavy atom. The number of aromatic nitrogens is 2. The molecular weight excluding hydrogens is 190 g/mol. The van der Waals surface area contributed by atoms with Gasteiger partial charge in [0.15, 0.2) is 5.82 Å². The van der Waals surface area contributed by atoms with Crippen molar-refractivity contribution in [1.29, 1.82) is 0 Å². The molecule has 0 spiro atoms. The van der Waals surface area contributed by atoms with Crippen LogP contribution in [0.3, 0.4) is 0 Å². The molecule has 0 atom stereocenters. The number of rotatable bonds is 6. The second-order valence-electron chi connectivity index (χ2n) is 4.02. The van der Waals surface area contributed by atoms with E-state index in [1.54, 1.807) is 0 Å². The zero-order chi connectivity index (χ0) is 11.3.